The number of rotatable bonds is 4. The van der Waals surface area contributed by atoms with Gasteiger partial charge < -0.3 is 15.6 Å². The summed E-state index contributed by atoms with van der Waals surface area (Å²) in [5, 5.41) is 5.53. The van der Waals surface area contributed by atoms with Crippen molar-refractivity contribution in [3.8, 4) is 0 Å². The fourth-order valence-electron chi connectivity index (χ4n) is 2.14. The maximum Gasteiger partial charge on any atom is 0.256 e. The number of H-pyrrole nitrogens is 1. The van der Waals surface area contributed by atoms with Crippen molar-refractivity contribution in [2.75, 3.05) is 10.6 Å². The van der Waals surface area contributed by atoms with Gasteiger partial charge in [0.1, 0.15) is 5.82 Å². The number of aromatic amines is 1. The van der Waals surface area contributed by atoms with Gasteiger partial charge >= 0.3 is 0 Å². The van der Waals surface area contributed by atoms with Crippen LogP contribution in [0.3, 0.4) is 0 Å². The van der Waals surface area contributed by atoms with Gasteiger partial charge in [-0.15, -0.1) is 0 Å². The average Bonchev–Trinajstić information content (AvgIpc) is 3.03. The molecule has 0 atom stereocenters. The second kappa shape index (κ2) is 6.62. The highest BCUT2D eigenvalue weighted by Crippen LogP contribution is 2.21. The van der Waals surface area contributed by atoms with Crippen LogP contribution in [0.5, 0.6) is 0 Å². The van der Waals surface area contributed by atoms with Crippen LogP contribution >= 0.6 is 0 Å². The van der Waals surface area contributed by atoms with Gasteiger partial charge in [0, 0.05) is 17.3 Å². The third-order valence-corrected chi connectivity index (χ3v) is 3.31. The molecule has 2 aromatic carbocycles. The van der Waals surface area contributed by atoms with Gasteiger partial charge in [-0.3, -0.25) is 9.59 Å². The van der Waals surface area contributed by atoms with Crippen LogP contribution in [0.25, 0.3) is 0 Å². The average molecular weight is 305 g/mol. The summed E-state index contributed by atoms with van der Waals surface area (Å²) in [6.07, 6.45) is 1.65. The van der Waals surface area contributed by atoms with E-state index in [0.717, 1.165) is 0 Å². The Labute approximate surface area is 133 Å². The monoisotopic (exact) mass is 305 g/mol. The first-order chi connectivity index (χ1) is 11.2. The van der Waals surface area contributed by atoms with E-state index in [2.05, 4.69) is 15.6 Å². The van der Waals surface area contributed by atoms with Crippen molar-refractivity contribution >= 4 is 23.3 Å². The van der Waals surface area contributed by atoms with E-state index in [9.17, 15) is 9.59 Å². The molecule has 3 N–H and O–H groups in total. The van der Waals surface area contributed by atoms with Crippen molar-refractivity contribution in [2.45, 2.75) is 0 Å². The summed E-state index contributed by atoms with van der Waals surface area (Å²) in [4.78, 5) is 27.3. The molecule has 2 amide bonds. The van der Waals surface area contributed by atoms with Gasteiger partial charge in [0.05, 0.1) is 5.69 Å². The van der Waals surface area contributed by atoms with Gasteiger partial charge in [-0.05, 0) is 30.3 Å². The van der Waals surface area contributed by atoms with Crippen LogP contribution < -0.4 is 10.6 Å². The predicted molar refractivity (Wildman–Crippen MR) is 89.6 cm³/mol. The van der Waals surface area contributed by atoms with Crippen LogP contribution in [-0.4, -0.2) is 16.8 Å². The van der Waals surface area contributed by atoms with E-state index in [4.69, 9.17) is 0 Å². The summed E-state index contributed by atoms with van der Waals surface area (Å²) in [6, 6.07) is 19.5. The lowest BCUT2D eigenvalue weighted by atomic mass is 10.2. The van der Waals surface area contributed by atoms with Crippen LogP contribution in [0.1, 0.15) is 20.7 Å². The number of hydrogen-bond donors (Lipinski definition) is 3. The molecule has 0 fully saturated rings. The van der Waals surface area contributed by atoms with E-state index in [1.807, 2.05) is 12.1 Å². The Balaban J connectivity index is 1.73. The molecule has 0 saturated carbocycles. The van der Waals surface area contributed by atoms with E-state index < -0.39 is 0 Å². The lowest BCUT2D eigenvalue weighted by molar-refractivity contribution is 0.101. The molecule has 0 aliphatic carbocycles. The van der Waals surface area contributed by atoms with Crippen molar-refractivity contribution in [1.82, 2.24) is 4.98 Å². The molecule has 23 heavy (non-hydrogen) atoms. The molecule has 0 bridgehead atoms. The zero-order valence-corrected chi connectivity index (χ0v) is 12.2. The summed E-state index contributed by atoms with van der Waals surface area (Å²) in [5.41, 5.74) is 1.61. The van der Waals surface area contributed by atoms with Crippen LogP contribution in [0.4, 0.5) is 11.5 Å². The van der Waals surface area contributed by atoms with Crippen molar-refractivity contribution in [2.24, 2.45) is 0 Å². The van der Waals surface area contributed by atoms with Crippen molar-refractivity contribution in [3.05, 3.63) is 84.1 Å². The first-order valence-corrected chi connectivity index (χ1v) is 7.14. The summed E-state index contributed by atoms with van der Waals surface area (Å²) in [5.74, 6) is -0.0354. The molecule has 5 heteroatoms. The van der Waals surface area contributed by atoms with Crippen molar-refractivity contribution in [3.63, 3.8) is 0 Å². The SMILES string of the molecule is O=C(Nc1cc[nH]c1NC(=O)c1ccccc1)c1ccccc1. The maximum absolute atomic E-state index is 12.2. The van der Waals surface area contributed by atoms with Crippen LogP contribution in [0.15, 0.2) is 72.9 Å². The number of hydrogen-bond acceptors (Lipinski definition) is 2. The second-order valence-corrected chi connectivity index (χ2v) is 4.91. The molecule has 3 aromatic rings. The molecule has 114 valence electrons. The molecule has 0 spiro atoms. The van der Waals surface area contributed by atoms with Gasteiger partial charge in [0.15, 0.2) is 0 Å². The molecule has 0 radical (unpaired) electrons. The molecular formula is C18H15N3O2. The van der Waals surface area contributed by atoms with E-state index >= 15 is 0 Å². The number of carbonyl (C=O) groups is 2. The minimum atomic E-state index is -0.247. The Morgan fingerprint density at radius 3 is 1.78 bits per heavy atom. The highest BCUT2D eigenvalue weighted by Gasteiger charge is 2.12. The van der Waals surface area contributed by atoms with Crippen molar-refractivity contribution < 1.29 is 9.59 Å². The molecule has 1 aromatic heterocycles. The summed E-state index contributed by atoms with van der Waals surface area (Å²) < 4.78 is 0. The second-order valence-electron chi connectivity index (χ2n) is 4.91. The number of benzene rings is 2. The smallest absolute Gasteiger partial charge is 0.256 e. The van der Waals surface area contributed by atoms with E-state index in [1.165, 1.54) is 0 Å². The Bertz CT molecular complexity index is 743. The lowest BCUT2D eigenvalue weighted by Gasteiger charge is -2.08. The van der Waals surface area contributed by atoms with Crippen LogP contribution in [0.2, 0.25) is 0 Å². The van der Waals surface area contributed by atoms with E-state index in [-0.39, 0.29) is 11.8 Å². The fraction of sp³-hybridized carbons (Fsp3) is 0. The number of anilines is 2. The summed E-state index contributed by atoms with van der Waals surface area (Å²) >= 11 is 0. The Morgan fingerprint density at radius 2 is 1.22 bits per heavy atom. The Morgan fingerprint density at radius 1 is 0.696 bits per heavy atom. The zero-order valence-electron chi connectivity index (χ0n) is 12.2. The topological polar surface area (TPSA) is 74.0 Å². The highest BCUT2D eigenvalue weighted by molar-refractivity contribution is 6.09. The predicted octanol–water partition coefficient (Wildman–Crippen LogP) is 3.52. The van der Waals surface area contributed by atoms with Gasteiger partial charge in [0.2, 0.25) is 0 Å². The van der Waals surface area contributed by atoms with Crippen LogP contribution in [-0.2, 0) is 0 Å². The lowest BCUT2D eigenvalue weighted by Crippen LogP contribution is -2.16. The highest BCUT2D eigenvalue weighted by atomic mass is 16.2. The van der Waals surface area contributed by atoms with Gasteiger partial charge in [-0.1, -0.05) is 36.4 Å². The maximum atomic E-state index is 12.2. The van der Waals surface area contributed by atoms with Crippen LogP contribution in [0, 0.1) is 0 Å². The molecule has 0 aliphatic rings. The standard InChI is InChI=1S/C18H15N3O2/c22-17(13-7-3-1-4-8-13)20-15-11-12-19-16(15)21-18(23)14-9-5-2-6-10-14/h1-12,19H,(H,20,22)(H,21,23). The Kier molecular flexibility index (Phi) is 4.20. The first-order valence-electron chi connectivity index (χ1n) is 7.14. The van der Waals surface area contributed by atoms with Gasteiger partial charge in [0.25, 0.3) is 11.8 Å². The molecule has 0 unspecified atom stereocenters. The number of aromatic nitrogens is 1. The molecule has 1 heterocycles. The zero-order chi connectivity index (χ0) is 16.1. The normalized spacial score (nSPS) is 10.1. The van der Waals surface area contributed by atoms with E-state index in [0.29, 0.717) is 22.6 Å². The third-order valence-electron chi connectivity index (χ3n) is 3.31. The number of amides is 2. The van der Waals surface area contributed by atoms with Crippen molar-refractivity contribution in [1.29, 1.82) is 0 Å². The van der Waals surface area contributed by atoms with Gasteiger partial charge in [-0.2, -0.15) is 0 Å². The minimum absolute atomic E-state index is 0.236. The van der Waals surface area contributed by atoms with E-state index in [1.54, 1.807) is 60.8 Å². The third kappa shape index (κ3) is 3.47. The quantitative estimate of drug-likeness (QED) is 0.690. The first kappa shape index (κ1) is 14.6. The Hall–Kier alpha value is -3.34. The summed E-state index contributed by atoms with van der Waals surface area (Å²) in [6.45, 7) is 0. The molecule has 5 nitrogen and oxygen atoms in total. The summed E-state index contributed by atoms with van der Waals surface area (Å²) in [7, 11) is 0. The molecule has 0 aliphatic heterocycles. The largest absolute Gasteiger partial charge is 0.346 e. The fourth-order valence-corrected chi connectivity index (χ4v) is 2.14. The molecular weight excluding hydrogens is 290 g/mol. The minimum Gasteiger partial charge on any atom is -0.346 e. The van der Waals surface area contributed by atoms with Gasteiger partial charge in [-0.25, -0.2) is 0 Å². The molecule has 3 rings (SSSR count). The number of nitrogens with one attached hydrogen (secondary N) is 3. The molecule has 0 saturated heterocycles. The number of carbonyl (C=O) groups excluding carboxylic acids is 2.